The van der Waals surface area contributed by atoms with E-state index in [0.717, 1.165) is 11.3 Å². The summed E-state index contributed by atoms with van der Waals surface area (Å²) in [5.74, 6) is -4.40. The fraction of sp³-hybridized carbons (Fsp3) is 0.500. The normalized spacial score (nSPS) is 30.7. The Morgan fingerprint density at radius 1 is 1.13 bits per heavy atom. The lowest BCUT2D eigenvalue weighted by atomic mass is 9.84. The number of rotatable bonds is 5. The number of imide groups is 1. The molecule has 0 aliphatic carbocycles. The van der Waals surface area contributed by atoms with E-state index in [1.165, 1.54) is 11.0 Å². The Bertz CT molecular complexity index is 1320. The van der Waals surface area contributed by atoms with E-state index < -0.39 is 35.5 Å². The van der Waals surface area contributed by atoms with Gasteiger partial charge in [0.15, 0.2) is 12.0 Å². The van der Waals surface area contributed by atoms with Gasteiger partial charge >= 0.3 is 5.96 Å². The quantitative estimate of drug-likeness (QED) is 0.139. The molecule has 1 aromatic rings. The third-order valence-electron chi connectivity index (χ3n) is 8.26. The van der Waals surface area contributed by atoms with E-state index in [-0.39, 0.29) is 66.7 Å². The lowest BCUT2D eigenvalue weighted by Crippen LogP contribution is -2.90. The largest absolute Gasteiger partial charge is 0.370 e. The Kier molecular flexibility index (Phi) is 5.55. The third-order valence-corrected chi connectivity index (χ3v) is 8.26. The van der Waals surface area contributed by atoms with Gasteiger partial charge in [-0.1, -0.05) is 12.1 Å². The lowest BCUT2D eigenvalue weighted by molar-refractivity contribution is -0.521. The number of hydrogen-bond donors (Lipinski definition) is 7. The van der Waals surface area contributed by atoms with Gasteiger partial charge in [0.25, 0.3) is 17.5 Å². The molecule has 9 N–H and O–H groups in total. The number of amides is 4. The van der Waals surface area contributed by atoms with Crippen LogP contribution in [0.1, 0.15) is 40.0 Å². The van der Waals surface area contributed by atoms with E-state index in [1.807, 2.05) is 0 Å². The van der Waals surface area contributed by atoms with Gasteiger partial charge in [-0.2, -0.15) is 0 Å². The van der Waals surface area contributed by atoms with E-state index in [2.05, 4.69) is 20.6 Å². The summed E-state index contributed by atoms with van der Waals surface area (Å²) in [4.78, 5) is 62.4. The van der Waals surface area contributed by atoms with E-state index in [0.29, 0.717) is 13.1 Å². The van der Waals surface area contributed by atoms with Crippen LogP contribution in [0.3, 0.4) is 0 Å². The molecule has 15 nitrogen and oxygen atoms in total. The van der Waals surface area contributed by atoms with Gasteiger partial charge in [0.1, 0.15) is 12.1 Å². The lowest BCUT2D eigenvalue weighted by Gasteiger charge is -2.46. The van der Waals surface area contributed by atoms with E-state index in [1.54, 1.807) is 23.1 Å². The molecule has 1 unspecified atom stereocenters. The van der Waals surface area contributed by atoms with Crippen molar-refractivity contribution in [2.75, 3.05) is 26.2 Å². The monoisotopic (exact) mass is 540 g/mol. The summed E-state index contributed by atoms with van der Waals surface area (Å²) in [6.07, 6.45) is 1.07. The van der Waals surface area contributed by atoms with Gasteiger partial charge in [0.05, 0.1) is 24.2 Å². The Labute approximate surface area is 222 Å². The molecular weight excluding hydrogens is 510 g/mol. The van der Waals surface area contributed by atoms with Crippen molar-refractivity contribution in [1.82, 2.24) is 25.3 Å². The molecule has 6 rings (SSSR count). The van der Waals surface area contributed by atoms with Crippen molar-refractivity contribution in [3.8, 4) is 0 Å². The topological polar surface area (TPSA) is 221 Å². The van der Waals surface area contributed by atoms with Crippen LogP contribution in [0.2, 0.25) is 0 Å². The van der Waals surface area contributed by atoms with Crippen LogP contribution < -0.4 is 27.1 Å². The van der Waals surface area contributed by atoms with Crippen LogP contribution in [0.15, 0.2) is 29.3 Å². The standard InChI is InChI=1S/C24H29N9O6/c25-21-29-18-14(10-32-16(34)6-7-17(32)35)27-22(26)33-11-15(24(38,39)23(18,33)30-21)28-19(36)12-4-1-2-5-13(12)20(37)31-8-3-9-31/h1-2,4-5,14-15,18,38-39H,3,6-11H2,(H2,26,27)(H,28,36)(H3,25,29,30)/p+1/t14-,15?,18-,23-/m0/s1. The first-order valence-electron chi connectivity index (χ1n) is 12.8. The molecule has 0 aromatic heterocycles. The van der Waals surface area contributed by atoms with Crippen LogP contribution in [-0.2, 0) is 9.59 Å². The number of nitrogens with zero attached hydrogens (tertiary/aromatic N) is 4. The molecule has 5 aliphatic rings. The van der Waals surface area contributed by atoms with E-state index in [9.17, 15) is 29.4 Å². The van der Waals surface area contributed by atoms with Crippen molar-refractivity contribution in [2.24, 2.45) is 16.5 Å². The predicted octanol–water partition coefficient (Wildman–Crippen LogP) is -5.46. The van der Waals surface area contributed by atoms with Gasteiger partial charge in [-0.15, -0.1) is 0 Å². The third kappa shape index (κ3) is 3.56. The molecular formula is C24H30N9O6+. The zero-order valence-electron chi connectivity index (χ0n) is 21.0. The number of carbonyl (C=O) groups is 4. The second-order valence-corrected chi connectivity index (χ2v) is 10.4. The Hall–Kier alpha value is -4.24. The maximum absolute atomic E-state index is 13.4. The highest BCUT2D eigenvalue weighted by atomic mass is 16.5. The first-order chi connectivity index (χ1) is 18.5. The molecule has 0 bridgehead atoms. The van der Waals surface area contributed by atoms with Crippen LogP contribution in [-0.4, -0.2) is 116 Å². The van der Waals surface area contributed by atoms with E-state index in [4.69, 9.17) is 11.5 Å². The summed E-state index contributed by atoms with van der Waals surface area (Å²) in [6.45, 7) is 0.915. The molecule has 0 radical (unpaired) electrons. The minimum Gasteiger partial charge on any atom is -0.370 e. The fourth-order valence-electron chi connectivity index (χ4n) is 6.13. The van der Waals surface area contributed by atoms with Gasteiger partial charge in [-0.05, 0) is 18.6 Å². The first-order valence-corrected chi connectivity index (χ1v) is 12.8. The molecule has 3 fully saturated rings. The number of nitrogens with two attached hydrogens (primary N) is 2. The van der Waals surface area contributed by atoms with E-state index >= 15 is 0 Å². The molecule has 1 spiro atoms. The zero-order valence-corrected chi connectivity index (χ0v) is 21.0. The molecule has 4 amide bonds. The van der Waals surface area contributed by atoms with Gasteiger partial charge in [-0.3, -0.25) is 39.7 Å². The summed E-state index contributed by atoms with van der Waals surface area (Å²) in [5.41, 5.74) is 10.8. The SMILES string of the molecule is NC1=N[C@@H](CN2C(=O)CCC2=O)[C@@H]2[NH+]=C(N)N[C@]23N1CC(NC(=O)c1ccccc1C(=O)N1CCC1)C3(O)O. The number of guanidine groups is 2. The second-order valence-electron chi connectivity index (χ2n) is 10.4. The van der Waals surface area contributed by atoms with Crippen molar-refractivity contribution in [3.63, 3.8) is 0 Å². The molecule has 5 heterocycles. The summed E-state index contributed by atoms with van der Waals surface area (Å²) in [7, 11) is 0. The second kappa shape index (κ2) is 8.64. The maximum Gasteiger partial charge on any atom is 0.343 e. The molecule has 39 heavy (non-hydrogen) atoms. The smallest absolute Gasteiger partial charge is 0.343 e. The molecule has 206 valence electrons. The van der Waals surface area contributed by atoms with Crippen molar-refractivity contribution in [1.29, 1.82) is 0 Å². The highest BCUT2D eigenvalue weighted by Crippen LogP contribution is 2.41. The highest BCUT2D eigenvalue weighted by molar-refractivity contribution is 6.07. The van der Waals surface area contributed by atoms with Gasteiger partial charge in [-0.25, -0.2) is 10.3 Å². The molecule has 0 saturated carbocycles. The number of benzene rings is 1. The van der Waals surface area contributed by atoms with Crippen LogP contribution in [0, 0.1) is 0 Å². The van der Waals surface area contributed by atoms with Crippen molar-refractivity contribution >= 4 is 35.5 Å². The molecule has 5 aliphatic heterocycles. The van der Waals surface area contributed by atoms with Gasteiger partial charge < -0.3 is 26.2 Å². The predicted molar refractivity (Wildman–Crippen MR) is 133 cm³/mol. The Morgan fingerprint density at radius 2 is 1.79 bits per heavy atom. The number of likely N-dealkylation sites (tertiary alicyclic amines) is 2. The number of nitrogens with one attached hydrogen (secondary N) is 3. The van der Waals surface area contributed by atoms with Gasteiger partial charge in [0.2, 0.25) is 17.6 Å². The van der Waals surface area contributed by atoms with Gasteiger partial charge in [0, 0.05) is 25.9 Å². The number of carbonyl (C=O) groups excluding carboxylic acids is 4. The molecule has 15 heteroatoms. The van der Waals surface area contributed by atoms with Crippen molar-refractivity contribution in [2.45, 2.75) is 48.8 Å². The zero-order chi connectivity index (χ0) is 27.7. The average Bonchev–Trinajstić information content (AvgIpc) is 3.46. The maximum atomic E-state index is 13.4. The summed E-state index contributed by atoms with van der Waals surface area (Å²) >= 11 is 0. The van der Waals surface area contributed by atoms with Crippen LogP contribution in [0.25, 0.3) is 0 Å². The van der Waals surface area contributed by atoms with Crippen molar-refractivity contribution in [3.05, 3.63) is 35.4 Å². The number of hydrogen-bond acceptors (Lipinski definition) is 11. The highest BCUT2D eigenvalue weighted by Gasteiger charge is 2.76. The minimum atomic E-state index is -2.67. The molecule has 4 atom stereocenters. The minimum absolute atomic E-state index is 0.00363. The van der Waals surface area contributed by atoms with Crippen LogP contribution in [0.4, 0.5) is 0 Å². The average molecular weight is 541 g/mol. The Morgan fingerprint density at radius 3 is 2.44 bits per heavy atom. The Balaban J connectivity index is 1.29. The van der Waals surface area contributed by atoms with Crippen LogP contribution in [0.5, 0.6) is 0 Å². The number of aliphatic imine (C=N–C) groups is 1. The number of aliphatic hydroxyl groups is 2. The molecule has 1 aromatic carbocycles. The molecule has 3 saturated heterocycles. The summed E-state index contributed by atoms with van der Waals surface area (Å²) < 4.78 is 0. The fourth-order valence-corrected chi connectivity index (χ4v) is 6.13. The summed E-state index contributed by atoms with van der Waals surface area (Å²) in [6, 6.07) is 3.22. The first kappa shape index (κ1) is 25.1. The van der Waals surface area contributed by atoms with Crippen molar-refractivity contribution < 1.29 is 34.4 Å². The van der Waals surface area contributed by atoms with Crippen LogP contribution >= 0.6 is 0 Å². The summed E-state index contributed by atoms with van der Waals surface area (Å²) in [5, 5.41) is 28.8.